The number of nitrogens with two attached hydrogens (primary N) is 1. The molecule has 86 valence electrons. The summed E-state index contributed by atoms with van der Waals surface area (Å²) in [6, 6.07) is 4.73. The highest BCUT2D eigenvalue weighted by Gasteiger charge is 2.03. The minimum atomic E-state index is 0.406. The van der Waals surface area contributed by atoms with Crippen LogP contribution in [0.3, 0.4) is 0 Å². The number of thiophene rings is 1. The van der Waals surface area contributed by atoms with Crippen LogP contribution in [0.25, 0.3) is 0 Å². The van der Waals surface area contributed by atoms with Gasteiger partial charge in [0.1, 0.15) is 0 Å². The lowest BCUT2D eigenvalue weighted by atomic mass is 10.0. The first-order valence-electron chi connectivity index (χ1n) is 6.11. The third-order valence-corrected chi connectivity index (χ3v) is 3.71. The molecule has 1 unspecified atom stereocenters. The fourth-order valence-electron chi connectivity index (χ4n) is 1.76. The van der Waals surface area contributed by atoms with Gasteiger partial charge < -0.3 is 5.73 Å². The second-order valence-corrected chi connectivity index (χ2v) is 5.26. The van der Waals surface area contributed by atoms with Crippen molar-refractivity contribution < 1.29 is 0 Å². The highest BCUT2D eigenvalue weighted by molar-refractivity contribution is 7.09. The summed E-state index contributed by atoms with van der Waals surface area (Å²) in [5, 5.41) is 2.14. The highest BCUT2D eigenvalue weighted by atomic mass is 32.1. The van der Waals surface area contributed by atoms with Crippen molar-refractivity contribution in [3.63, 3.8) is 0 Å². The molecule has 0 aliphatic rings. The van der Waals surface area contributed by atoms with Gasteiger partial charge in [-0.1, -0.05) is 38.7 Å². The molecule has 1 atom stereocenters. The Morgan fingerprint density at radius 1 is 1.27 bits per heavy atom. The van der Waals surface area contributed by atoms with E-state index in [0.717, 1.165) is 12.8 Å². The molecule has 0 amide bonds. The first-order chi connectivity index (χ1) is 7.33. The van der Waals surface area contributed by atoms with Gasteiger partial charge in [0, 0.05) is 10.9 Å². The lowest BCUT2D eigenvalue weighted by Gasteiger charge is -2.10. The van der Waals surface area contributed by atoms with E-state index in [0.29, 0.717) is 6.04 Å². The van der Waals surface area contributed by atoms with E-state index in [4.69, 9.17) is 5.73 Å². The van der Waals surface area contributed by atoms with Gasteiger partial charge in [-0.15, -0.1) is 11.3 Å². The monoisotopic (exact) mass is 225 g/mol. The van der Waals surface area contributed by atoms with E-state index in [2.05, 4.69) is 24.4 Å². The van der Waals surface area contributed by atoms with Crippen molar-refractivity contribution in [2.24, 2.45) is 5.73 Å². The quantitative estimate of drug-likeness (QED) is 0.665. The van der Waals surface area contributed by atoms with Crippen LogP contribution in [0.2, 0.25) is 0 Å². The first kappa shape index (κ1) is 12.7. The fourth-order valence-corrected chi connectivity index (χ4v) is 2.48. The molecule has 1 rings (SSSR count). The summed E-state index contributed by atoms with van der Waals surface area (Å²) in [5.74, 6) is 0. The maximum absolute atomic E-state index is 6.08. The van der Waals surface area contributed by atoms with E-state index in [9.17, 15) is 0 Å². The molecule has 0 fully saturated rings. The van der Waals surface area contributed by atoms with Crippen LogP contribution < -0.4 is 5.73 Å². The Balaban J connectivity index is 2.01. The minimum Gasteiger partial charge on any atom is -0.328 e. The van der Waals surface area contributed by atoms with E-state index in [-0.39, 0.29) is 0 Å². The molecule has 0 saturated carbocycles. The van der Waals surface area contributed by atoms with E-state index in [1.165, 1.54) is 37.0 Å². The summed E-state index contributed by atoms with van der Waals surface area (Å²) in [4.78, 5) is 1.47. The maximum atomic E-state index is 6.08. The van der Waals surface area contributed by atoms with Crippen LogP contribution in [0.4, 0.5) is 0 Å². The summed E-state index contributed by atoms with van der Waals surface area (Å²) in [5.41, 5.74) is 6.08. The Morgan fingerprint density at radius 2 is 2.13 bits per heavy atom. The van der Waals surface area contributed by atoms with Crippen molar-refractivity contribution in [1.82, 2.24) is 0 Å². The van der Waals surface area contributed by atoms with Gasteiger partial charge in [0.05, 0.1) is 0 Å². The van der Waals surface area contributed by atoms with E-state index in [1.54, 1.807) is 0 Å². The van der Waals surface area contributed by atoms with Crippen molar-refractivity contribution in [2.75, 3.05) is 0 Å². The van der Waals surface area contributed by atoms with Crippen molar-refractivity contribution in [3.05, 3.63) is 22.4 Å². The zero-order valence-electron chi connectivity index (χ0n) is 9.74. The average molecular weight is 225 g/mol. The molecule has 1 aromatic rings. The van der Waals surface area contributed by atoms with Crippen LogP contribution in [-0.4, -0.2) is 6.04 Å². The normalized spacial score (nSPS) is 12.9. The molecular formula is C13H23NS. The molecule has 0 aliphatic carbocycles. The molecule has 1 heterocycles. The van der Waals surface area contributed by atoms with Gasteiger partial charge in [0.25, 0.3) is 0 Å². The molecule has 0 aliphatic heterocycles. The van der Waals surface area contributed by atoms with Crippen LogP contribution in [0.15, 0.2) is 17.5 Å². The lowest BCUT2D eigenvalue weighted by molar-refractivity contribution is 0.523. The summed E-state index contributed by atoms with van der Waals surface area (Å²) >= 11 is 1.84. The largest absolute Gasteiger partial charge is 0.328 e. The van der Waals surface area contributed by atoms with E-state index in [1.807, 2.05) is 11.3 Å². The van der Waals surface area contributed by atoms with E-state index >= 15 is 0 Å². The molecular weight excluding hydrogens is 202 g/mol. The third-order valence-electron chi connectivity index (χ3n) is 2.77. The van der Waals surface area contributed by atoms with Gasteiger partial charge in [-0.05, 0) is 30.7 Å². The first-order valence-corrected chi connectivity index (χ1v) is 6.99. The van der Waals surface area contributed by atoms with Gasteiger partial charge >= 0.3 is 0 Å². The predicted molar refractivity (Wildman–Crippen MR) is 69.4 cm³/mol. The molecule has 2 heteroatoms. The van der Waals surface area contributed by atoms with Gasteiger partial charge in [-0.3, -0.25) is 0 Å². The molecule has 15 heavy (non-hydrogen) atoms. The van der Waals surface area contributed by atoms with Crippen LogP contribution in [0.5, 0.6) is 0 Å². The number of aryl methyl sites for hydroxylation is 1. The Labute approximate surface area is 97.7 Å². The van der Waals surface area contributed by atoms with Crippen molar-refractivity contribution >= 4 is 11.3 Å². The molecule has 1 aromatic heterocycles. The summed E-state index contributed by atoms with van der Waals surface area (Å²) in [6.45, 7) is 2.25. The molecule has 0 bridgehead atoms. The van der Waals surface area contributed by atoms with Crippen LogP contribution in [-0.2, 0) is 6.42 Å². The summed E-state index contributed by atoms with van der Waals surface area (Å²) in [7, 11) is 0. The zero-order chi connectivity index (χ0) is 10.9. The third kappa shape index (κ3) is 5.95. The fraction of sp³-hybridized carbons (Fsp3) is 0.692. The molecule has 0 radical (unpaired) electrons. The summed E-state index contributed by atoms with van der Waals surface area (Å²) in [6.07, 6.45) is 8.83. The standard InChI is InChI=1S/C13H23NS/c1-2-3-4-5-7-12(14)9-10-13-8-6-11-15-13/h6,8,11-12H,2-5,7,9-10,14H2,1H3. The Kier molecular flexibility index (Phi) is 6.69. The van der Waals surface area contributed by atoms with Crippen molar-refractivity contribution in [3.8, 4) is 0 Å². The molecule has 2 N–H and O–H groups in total. The van der Waals surface area contributed by atoms with Gasteiger partial charge in [-0.25, -0.2) is 0 Å². The van der Waals surface area contributed by atoms with Crippen molar-refractivity contribution in [1.29, 1.82) is 0 Å². The molecule has 0 spiro atoms. The average Bonchev–Trinajstić information content (AvgIpc) is 2.74. The molecule has 0 saturated heterocycles. The lowest BCUT2D eigenvalue weighted by Crippen LogP contribution is -2.20. The highest BCUT2D eigenvalue weighted by Crippen LogP contribution is 2.13. The SMILES string of the molecule is CCCCCCC(N)CCc1cccs1. The predicted octanol–water partition coefficient (Wildman–Crippen LogP) is 3.98. The number of unbranched alkanes of at least 4 members (excludes halogenated alkanes) is 3. The number of rotatable bonds is 8. The van der Waals surface area contributed by atoms with Crippen LogP contribution in [0.1, 0.15) is 50.3 Å². The molecule has 1 nitrogen and oxygen atoms in total. The number of hydrogen-bond acceptors (Lipinski definition) is 2. The van der Waals surface area contributed by atoms with Crippen molar-refractivity contribution in [2.45, 2.75) is 57.9 Å². The van der Waals surface area contributed by atoms with Crippen LogP contribution in [0, 0.1) is 0 Å². The Hall–Kier alpha value is -0.340. The Morgan fingerprint density at radius 3 is 2.80 bits per heavy atom. The smallest absolute Gasteiger partial charge is 0.00458 e. The number of hydrogen-bond donors (Lipinski definition) is 1. The van der Waals surface area contributed by atoms with E-state index < -0.39 is 0 Å². The van der Waals surface area contributed by atoms with Gasteiger partial charge in [0.15, 0.2) is 0 Å². The topological polar surface area (TPSA) is 26.0 Å². The van der Waals surface area contributed by atoms with Gasteiger partial charge in [0.2, 0.25) is 0 Å². The Bertz CT molecular complexity index is 231. The van der Waals surface area contributed by atoms with Crippen LogP contribution >= 0.6 is 11.3 Å². The van der Waals surface area contributed by atoms with Gasteiger partial charge in [-0.2, -0.15) is 0 Å². The second-order valence-electron chi connectivity index (χ2n) is 4.23. The zero-order valence-corrected chi connectivity index (χ0v) is 10.6. The maximum Gasteiger partial charge on any atom is 0.00458 e. The minimum absolute atomic E-state index is 0.406. The summed E-state index contributed by atoms with van der Waals surface area (Å²) < 4.78 is 0. The molecule has 0 aromatic carbocycles. The second kappa shape index (κ2) is 7.89.